The number of amides is 1. The molecule has 98 valence electrons. The number of benzene rings is 1. The second-order valence-corrected chi connectivity index (χ2v) is 5.39. The minimum atomic E-state index is -0.0173. The van der Waals surface area contributed by atoms with Gasteiger partial charge in [0.15, 0.2) is 0 Å². The fourth-order valence-electron chi connectivity index (χ4n) is 2.44. The van der Waals surface area contributed by atoms with Crippen LogP contribution in [-0.2, 0) is 4.79 Å². The molecule has 0 saturated heterocycles. The average molecular weight is 267 g/mol. The van der Waals surface area contributed by atoms with Gasteiger partial charge in [0.2, 0.25) is 5.91 Å². The van der Waals surface area contributed by atoms with Gasteiger partial charge in [0.25, 0.3) is 0 Å². The topological polar surface area (TPSA) is 41.1 Å². The van der Waals surface area contributed by atoms with Crippen molar-refractivity contribution in [3.8, 4) is 0 Å². The van der Waals surface area contributed by atoms with E-state index in [0.29, 0.717) is 23.5 Å². The maximum absolute atomic E-state index is 11.8. The van der Waals surface area contributed by atoms with Crippen LogP contribution in [0, 0.1) is 5.92 Å². The molecule has 0 bridgehead atoms. The summed E-state index contributed by atoms with van der Waals surface area (Å²) in [6.45, 7) is 2.60. The van der Waals surface area contributed by atoms with Gasteiger partial charge in [-0.15, -0.1) is 0 Å². The number of carbonyl (C=O) groups is 1. The number of rotatable bonds is 4. The van der Waals surface area contributed by atoms with Crippen LogP contribution in [-0.4, -0.2) is 18.5 Å². The minimum absolute atomic E-state index is 0.0173. The van der Waals surface area contributed by atoms with Crippen LogP contribution >= 0.6 is 11.6 Å². The molecule has 1 fully saturated rings. The molecule has 1 amide bonds. The first-order chi connectivity index (χ1) is 8.65. The largest absolute Gasteiger partial charge is 0.325 e. The second-order valence-electron chi connectivity index (χ2n) is 4.95. The molecule has 0 aromatic heterocycles. The first-order valence-corrected chi connectivity index (χ1v) is 6.82. The third-order valence-electron chi connectivity index (χ3n) is 3.49. The summed E-state index contributed by atoms with van der Waals surface area (Å²) in [5.74, 6) is 0.653. The number of nitrogens with one attached hydrogen (secondary N) is 2. The number of hydrogen-bond acceptors (Lipinski definition) is 2. The van der Waals surface area contributed by atoms with Crippen molar-refractivity contribution in [2.75, 3.05) is 11.9 Å². The van der Waals surface area contributed by atoms with Crippen LogP contribution in [0.25, 0.3) is 0 Å². The van der Waals surface area contributed by atoms with Crippen molar-refractivity contribution in [2.24, 2.45) is 5.92 Å². The smallest absolute Gasteiger partial charge is 0.238 e. The van der Waals surface area contributed by atoms with E-state index in [2.05, 4.69) is 17.6 Å². The predicted molar refractivity (Wildman–Crippen MR) is 74.9 cm³/mol. The van der Waals surface area contributed by atoms with Crippen LogP contribution in [0.1, 0.15) is 26.2 Å². The van der Waals surface area contributed by atoms with Crippen molar-refractivity contribution in [3.05, 3.63) is 29.3 Å². The van der Waals surface area contributed by atoms with Gasteiger partial charge in [-0.25, -0.2) is 0 Å². The number of halogens is 1. The Kier molecular flexibility index (Phi) is 4.61. The molecule has 0 spiro atoms. The molecule has 2 atom stereocenters. The molecule has 18 heavy (non-hydrogen) atoms. The first-order valence-electron chi connectivity index (χ1n) is 6.44. The molecular formula is C14H19ClN2O. The Hall–Kier alpha value is -1.06. The molecule has 1 aliphatic carbocycles. The van der Waals surface area contributed by atoms with Crippen molar-refractivity contribution in [2.45, 2.75) is 32.2 Å². The monoisotopic (exact) mass is 266 g/mol. The Morgan fingerprint density at radius 3 is 2.94 bits per heavy atom. The van der Waals surface area contributed by atoms with Crippen LogP contribution in [0.15, 0.2) is 24.3 Å². The van der Waals surface area contributed by atoms with Gasteiger partial charge in [-0.05, 0) is 37.0 Å². The number of hydrogen-bond donors (Lipinski definition) is 2. The summed E-state index contributed by atoms with van der Waals surface area (Å²) < 4.78 is 0. The van der Waals surface area contributed by atoms with E-state index < -0.39 is 0 Å². The van der Waals surface area contributed by atoms with Gasteiger partial charge >= 0.3 is 0 Å². The molecule has 1 aromatic rings. The zero-order valence-corrected chi connectivity index (χ0v) is 11.3. The van der Waals surface area contributed by atoms with E-state index in [1.165, 1.54) is 19.3 Å². The molecule has 1 aromatic carbocycles. The van der Waals surface area contributed by atoms with Crippen molar-refractivity contribution in [3.63, 3.8) is 0 Å². The van der Waals surface area contributed by atoms with Gasteiger partial charge < -0.3 is 10.6 Å². The van der Waals surface area contributed by atoms with Crippen LogP contribution in [0.4, 0.5) is 5.69 Å². The average Bonchev–Trinajstić information content (AvgIpc) is 2.72. The highest BCUT2D eigenvalue weighted by atomic mass is 35.5. The molecule has 0 heterocycles. The Bertz CT molecular complexity index is 422. The van der Waals surface area contributed by atoms with Crippen molar-refractivity contribution in [1.82, 2.24) is 5.32 Å². The Labute approximate surface area is 113 Å². The third-order valence-corrected chi connectivity index (χ3v) is 3.73. The lowest BCUT2D eigenvalue weighted by Gasteiger charge is -2.16. The fraction of sp³-hybridized carbons (Fsp3) is 0.500. The molecule has 3 nitrogen and oxygen atoms in total. The summed E-state index contributed by atoms with van der Waals surface area (Å²) in [6, 6.07) is 7.68. The first kappa shape index (κ1) is 13.4. The van der Waals surface area contributed by atoms with E-state index in [0.717, 1.165) is 5.69 Å². The highest BCUT2D eigenvalue weighted by Gasteiger charge is 2.23. The maximum Gasteiger partial charge on any atom is 0.238 e. The summed E-state index contributed by atoms with van der Waals surface area (Å²) in [4.78, 5) is 11.8. The lowest BCUT2D eigenvalue weighted by Crippen LogP contribution is -2.37. The van der Waals surface area contributed by atoms with Gasteiger partial charge in [0.05, 0.1) is 6.54 Å². The molecule has 0 aliphatic heterocycles. The van der Waals surface area contributed by atoms with Gasteiger partial charge in [0.1, 0.15) is 0 Å². The highest BCUT2D eigenvalue weighted by molar-refractivity contribution is 6.30. The van der Waals surface area contributed by atoms with Crippen LogP contribution in [0.2, 0.25) is 5.02 Å². The summed E-state index contributed by atoms with van der Waals surface area (Å²) in [7, 11) is 0. The molecule has 2 N–H and O–H groups in total. The van der Waals surface area contributed by atoms with Crippen molar-refractivity contribution < 1.29 is 4.79 Å². The van der Waals surface area contributed by atoms with Crippen molar-refractivity contribution in [1.29, 1.82) is 0 Å². The summed E-state index contributed by atoms with van der Waals surface area (Å²) in [5.41, 5.74) is 0.744. The summed E-state index contributed by atoms with van der Waals surface area (Å²) in [5, 5.41) is 6.79. The number of anilines is 1. The minimum Gasteiger partial charge on any atom is -0.325 e. The van der Waals surface area contributed by atoms with E-state index in [-0.39, 0.29) is 5.91 Å². The summed E-state index contributed by atoms with van der Waals surface area (Å²) >= 11 is 5.86. The Morgan fingerprint density at radius 1 is 1.44 bits per heavy atom. The molecular weight excluding hydrogens is 248 g/mol. The van der Waals surface area contributed by atoms with Gasteiger partial charge in [-0.2, -0.15) is 0 Å². The lowest BCUT2D eigenvalue weighted by molar-refractivity contribution is -0.115. The summed E-state index contributed by atoms with van der Waals surface area (Å²) in [6.07, 6.45) is 3.69. The quantitative estimate of drug-likeness (QED) is 0.879. The maximum atomic E-state index is 11.8. The molecule has 1 aliphatic rings. The van der Waals surface area contributed by atoms with Gasteiger partial charge in [0, 0.05) is 16.8 Å². The molecule has 0 radical (unpaired) electrons. The molecule has 4 heteroatoms. The van der Waals surface area contributed by atoms with Crippen LogP contribution in [0.5, 0.6) is 0 Å². The third kappa shape index (κ3) is 3.72. The molecule has 2 rings (SSSR count). The molecule has 2 unspecified atom stereocenters. The van der Waals surface area contributed by atoms with E-state index in [1.54, 1.807) is 12.1 Å². The van der Waals surface area contributed by atoms with Gasteiger partial charge in [-0.1, -0.05) is 31.0 Å². The lowest BCUT2D eigenvalue weighted by atomic mass is 10.1. The number of carbonyl (C=O) groups excluding carboxylic acids is 1. The second kappa shape index (κ2) is 6.21. The molecule has 1 saturated carbocycles. The predicted octanol–water partition coefficient (Wildman–Crippen LogP) is 3.06. The van der Waals surface area contributed by atoms with E-state index >= 15 is 0 Å². The SMILES string of the molecule is CC1CCCC1NCC(=O)Nc1cccc(Cl)c1. The highest BCUT2D eigenvalue weighted by Crippen LogP contribution is 2.24. The van der Waals surface area contributed by atoms with Crippen LogP contribution in [0.3, 0.4) is 0 Å². The van der Waals surface area contributed by atoms with Gasteiger partial charge in [-0.3, -0.25) is 4.79 Å². The van der Waals surface area contributed by atoms with Crippen LogP contribution < -0.4 is 10.6 Å². The zero-order chi connectivity index (χ0) is 13.0. The Morgan fingerprint density at radius 2 is 2.28 bits per heavy atom. The van der Waals surface area contributed by atoms with E-state index in [1.807, 2.05) is 12.1 Å². The van der Waals surface area contributed by atoms with E-state index in [4.69, 9.17) is 11.6 Å². The fourth-order valence-corrected chi connectivity index (χ4v) is 2.63. The standard InChI is InChI=1S/C14H19ClN2O/c1-10-4-2-7-13(10)16-9-14(18)17-12-6-3-5-11(15)8-12/h3,5-6,8,10,13,16H,2,4,7,9H2,1H3,(H,17,18). The Balaban J connectivity index is 1.78. The zero-order valence-electron chi connectivity index (χ0n) is 10.6. The normalized spacial score (nSPS) is 23.0. The van der Waals surface area contributed by atoms with Crippen molar-refractivity contribution >= 4 is 23.2 Å². The van der Waals surface area contributed by atoms with E-state index in [9.17, 15) is 4.79 Å².